The molecule has 0 unspecified atom stereocenters. The Morgan fingerprint density at radius 3 is 2.59 bits per heavy atom. The minimum absolute atomic E-state index is 0.00579. The number of benzene rings is 2. The summed E-state index contributed by atoms with van der Waals surface area (Å²) in [4.78, 5) is 12.1. The van der Waals surface area contributed by atoms with Crippen molar-refractivity contribution in [1.29, 1.82) is 0 Å². The molecule has 0 saturated heterocycles. The van der Waals surface area contributed by atoms with Gasteiger partial charge >= 0.3 is 0 Å². The Bertz CT molecular complexity index is 884. The van der Waals surface area contributed by atoms with Crippen molar-refractivity contribution in [3.63, 3.8) is 0 Å². The summed E-state index contributed by atoms with van der Waals surface area (Å²) in [6.45, 7) is 6.86. The molecule has 0 saturated carbocycles. The van der Waals surface area contributed by atoms with Crippen LogP contribution in [0.25, 0.3) is 5.69 Å². The fourth-order valence-electron chi connectivity index (χ4n) is 2.97. The van der Waals surface area contributed by atoms with Crippen LogP contribution in [0.5, 0.6) is 5.75 Å². The molecule has 3 rings (SSSR count). The highest BCUT2D eigenvalue weighted by Crippen LogP contribution is 2.23. The third-order valence-electron chi connectivity index (χ3n) is 4.43. The first-order valence-corrected chi connectivity index (χ1v) is 9.12. The maximum absolute atomic E-state index is 12.1. The van der Waals surface area contributed by atoms with Crippen LogP contribution in [-0.4, -0.2) is 22.3 Å². The van der Waals surface area contributed by atoms with Crippen molar-refractivity contribution in [2.24, 2.45) is 0 Å². The number of carbonyl (C=O) groups excluding carboxylic acids is 1. The third-order valence-corrected chi connectivity index (χ3v) is 4.43. The fourth-order valence-corrected chi connectivity index (χ4v) is 2.97. The summed E-state index contributed by atoms with van der Waals surface area (Å²) in [5.74, 6) is 1.05. The molecule has 1 aromatic heterocycles. The lowest BCUT2D eigenvalue weighted by atomic mass is 9.98. The lowest BCUT2D eigenvalue weighted by Gasteiger charge is -2.12. The van der Waals surface area contributed by atoms with Gasteiger partial charge in [-0.25, -0.2) is 4.68 Å². The van der Waals surface area contributed by atoms with Crippen molar-refractivity contribution in [3.05, 3.63) is 77.6 Å². The van der Waals surface area contributed by atoms with E-state index in [0.29, 0.717) is 12.5 Å². The van der Waals surface area contributed by atoms with Crippen molar-refractivity contribution in [2.45, 2.75) is 33.2 Å². The highest BCUT2D eigenvalue weighted by molar-refractivity contribution is 5.77. The maximum atomic E-state index is 12.1. The highest BCUT2D eigenvalue weighted by Gasteiger charge is 2.07. The summed E-state index contributed by atoms with van der Waals surface area (Å²) in [7, 11) is 0. The molecule has 1 N–H and O–H groups in total. The molecule has 140 valence electrons. The van der Waals surface area contributed by atoms with Gasteiger partial charge in [0, 0.05) is 18.9 Å². The lowest BCUT2D eigenvalue weighted by Crippen LogP contribution is -2.28. The Labute approximate surface area is 160 Å². The molecule has 2 aromatic carbocycles. The summed E-state index contributed by atoms with van der Waals surface area (Å²) in [6.07, 6.45) is 3.63. The standard InChI is InChI=1S/C22H25N3O2/c1-16(2)21-10-9-20(13-17(21)3)27-15-22(26)23-14-18-5-7-19(8-6-18)25-12-4-11-24-25/h4-13,16H,14-15H2,1-3H3,(H,23,26). The van der Waals surface area contributed by atoms with Crippen molar-refractivity contribution < 1.29 is 9.53 Å². The van der Waals surface area contributed by atoms with E-state index in [0.717, 1.165) is 17.0 Å². The average Bonchev–Trinajstić information content (AvgIpc) is 3.19. The molecule has 27 heavy (non-hydrogen) atoms. The zero-order valence-electron chi connectivity index (χ0n) is 16.0. The van der Waals surface area contributed by atoms with Gasteiger partial charge in [0.25, 0.3) is 5.91 Å². The molecule has 0 aliphatic rings. The number of ether oxygens (including phenoxy) is 1. The van der Waals surface area contributed by atoms with Crippen LogP contribution < -0.4 is 10.1 Å². The first kappa shape index (κ1) is 18.7. The summed E-state index contributed by atoms with van der Waals surface area (Å²) in [5, 5.41) is 7.08. The number of rotatable bonds is 7. The van der Waals surface area contributed by atoms with E-state index in [1.54, 1.807) is 10.9 Å². The zero-order chi connectivity index (χ0) is 19.2. The van der Waals surface area contributed by atoms with Gasteiger partial charge < -0.3 is 10.1 Å². The Balaban J connectivity index is 1.48. The number of nitrogens with one attached hydrogen (secondary N) is 1. The average molecular weight is 363 g/mol. The lowest BCUT2D eigenvalue weighted by molar-refractivity contribution is -0.123. The summed E-state index contributed by atoms with van der Waals surface area (Å²) in [5.41, 5.74) is 4.49. The first-order valence-electron chi connectivity index (χ1n) is 9.12. The molecule has 0 atom stereocenters. The Kier molecular flexibility index (Phi) is 5.91. The molecule has 0 bridgehead atoms. The summed E-state index contributed by atoms with van der Waals surface area (Å²) >= 11 is 0. The van der Waals surface area contributed by atoms with Crippen molar-refractivity contribution in [3.8, 4) is 11.4 Å². The number of aryl methyl sites for hydroxylation is 1. The molecule has 0 fully saturated rings. The quantitative estimate of drug-likeness (QED) is 0.690. The number of nitrogens with zero attached hydrogens (tertiary/aromatic N) is 2. The topological polar surface area (TPSA) is 56.1 Å². The first-order chi connectivity index (χ1) is 13.0. The van der Waals surface area contributed by atoms with Gasteiger partial charge in [-0.15, -0.1) is 0 Å². The van der Waals surface area contributed by atoms with Crippen LogP contribution in [0.1, 0.15) is 36.5 Å². The number of aromatic nitrogens is 2. The van der Waals surface area contributed by atoms with Gasteiger partial charge in [0.05, 0.1) is 5.69 Å². The van der Waals surface area contributed by atoms with E-state index in [2.05, 4.69) is 37.3 Å². The Morgan fingerprint density at radius 1 is 1.19 bits per heavy atom. The van der Waals surface area contributed by atoms with Gasteiger partial charge in [-0.3, -0.25) is 4.79 Å². The Hall–Kier alpha value is -3.08. The normalized spacial score (nSPS) is 10.8. The minimum Gasteiger partial charge on any atom is -0.484 e. The third kappa shape index (κ3) is 4.97. The predicted octanol–water partition coefficient (Wildman–Crippen LogP) is 4.00. The second-order valence-corrected chi connectivity index (χ2v) is 6.86. The molecule has 0 spiro atoms. The second-order valence-electron chi connectivity index (χ2n) is 6.86. The van der Waals surface area contributed by atoms with E-state index in [4.69, 9.17) is 4.74 Å². The molecule has 3 aromatic rings. The number of hydrogen-bond donors (Lipinski definition) is 1. The van der Waals surface area contributed by atoms with E-state index in [1.165, 1.54) is 11.1 Å². The fraction of sp³-hybridized carbons (Fsp3) is 0.273. The Morgan fingerprint density at radius 2 is 1.96 bits per heavy atom. The van der Waals surface area contributed by atoms with Crippen molar-refractivity contribution >= 4 is 5.91 Å². The SMILES string of the molecule is Cc1cc(OCC(=O)NCc2ccc(-n3cccn3)cc2)ccc1C(C)C. The summed E-state index contributed by atoms with van der Waals surface area (Å²) < 4.78 is 7.41. The zero-order valence-corrected chi connectivity index (χ0v) is 16.0. The van der Waals surface area contributed by atoms with Crippen LogP contribution in [0.15, 0.2) is 60.9 Å². The second kappa shape index (κ2) is 8.54. The predicted molar refractivity (Wildman–Crippen MR) is 106 cm³/mol. The van der Waals surface area contributed by atoms with Crippen LogP contribution in [0, 0.1) is 6.92 Å². The van der Waals surface area contributed by atoms with Gasteiger partial charge in [-0.05, 0) is 59.9 Å². The molecular formula is C22H25N3O2. The van der Waals surface area contributed by atoms with Gasteiger partial charge in [-0.1, -0.05) is 32.0 Å². The monoisotopic (exact) mass is 363 g/mol. The van der Waals surface area contributed by atoms with Gasteiger partial charge in [0.15, 0.2) is 6.61 Å². The number of amides is 1. The number of carbonyl (C=O) groups is 1. The van der Waals surface area contributed by atoms with Gasteiger partial charge in [0.2, 0.25) is 0 Å². The smallest absolute Gasteiger partial charge is 0.258 e. The molecule has 0 aliphatic carbocycles. The molecule has 1 heterocycles. The van der Waals surface area contributed by atoms with Crippen LogP contribution in [0.2, 0.25) is 0 Å². The van der Waals surface area contributed by atoms with Gasteiger partial charge in [0.1, 0.15) is 5.75 Å². The molecule has 1 amide bonds. The van der Waals surface area contributed by atoms with Crippen LogP contribution in [0.4, 0.5) is 0 Å². The molecular weight excluding hydrogens is 338 g/mol. The van der Waals surface area contributed by atoms with E-state index in [-0.39, 0.29) is 12.5 Å². The van der Waals surface area contributed by atoms with E-state index >= 15 is 0 Å². The number of hydrogen-bond acceptors (Lipinski definition) is 3. The molecule has 0 radical (unpaired) electrons. The van der Waals surface area contributed by atoms with E-state index < -0.39 is 0 Å². The van der Waals surface area contributed by atoms with Crippen LogP contribution in [-0.2, 0) is 11.3 Å². The maximum Gasteiger partial charge on any atom is 0.258 e. The van der Waals surface area contributed by atoms with Gasteiger partial charge in [-0.2, -0.15) is 5.10 Å². The summed E-state index contributed by atoms with van der Waals surface area (Å²) in [6, 6.07) is 15.8. The molecule has 0 aliphatic heterocycles. The largest absolute Gasteiger partial charge is 0.484 e. The van der Waals surface area contributed by atoms with Crippen molar-refractivity contribution in [1.82, 2.24) is 15.1 Å². The minimum atomic E-state index is -0.142. The highest BCUT2D eigenvalue weighted by atomic mass is 16.5. The van der Waals surface area contributed by atoms with E-state index in [1.807, 2.05) is 48.7 Å². The van der Waals surface area contributed by atoms with Crippen LogP contribution in [0.3, 0.4) is 0 Å². The van der Waals surface area contributed by atoms with E-state index in [9.17, 15) is 4.79 Å². The molecule has 5 nitrogen and oxygen atoms in total. The van der Waals surface area contributed by atoms with Crippen LogP contribution >= 0.6 is 0 Å². The molecule has 5 heteroatoms. The van der Waals surface area contributed by atoms with Crippen molar-refractivity contribution in [2.75, 3.05) is 6.61 Å².